The van der Waals surface area contributed by atoms with Gasteiger partial charge in [0.2, 0.25) is 5.78 Å². The highest BCUT2D eigenvalue weighted by Crippen LogP contribution is 2.54. The molecule has 0 heterocycles. The lowest BCUT2D eigenvalue weighted by molar-refractivity contribution is -0.153. The molecule has 13 nitrogen and oxygen atoms in total. The SMILES string of the molecule is CN(C)c1cc(N=C(N)Nc2ccc(F)cc2)c(O)c2c1C[C@H]1C[C@H]3[C@H](N(C)C)C(=O)C(C(N)=O)=C(O)[C@@]3(O)C(=O)C1=C2O. The average molecular weight is 609 g/mol. The molecule has 232 valence electrons. The Kier molecular flexibility index (Phi) is 7.38. The number of aliphatic hydroxyl groups excluding tert-OH is 2. The van der Waals surface area contributed by atoms with E-state index in [2.05, 4.69) is 10.3 Å². The number of aliphatic hydroxyl groups is 3. The lowest BCUT2D eigenvalue weighted by Crippen LogP contribution is -2.65. The standard InChI is InChI=1S/C30H33FN6O7/c1-36(2)18-11-17(35-29(33)34-14-7-5-13(31)6-8-14)23(38)20-15(18)9-12-10-16-22(37(3)4)25(40)21(28(32)43)27(42)30(16,44)26(41)19(12)24(20)39/h5-8,11-12,16,22,38-39,42,44H,9-10H2,1-4H3,(H2,32,43)(H3,33,34,35)/t12-,16-,22-,30-/m0/s1. The van der Waals surface area contributed by atoms with Crippen molar-refractivity contribution in [3.8, 4) is 5.75 Å². The predicted octanol–water partition coefficient (Wildman–Crippen LogP) is 1.23. The minimum Gasteiger partial charge on any atom is -0.508 e. The highest BCUT2D eigenvalue weighted by Gasteiger charge is 2.64. The summed E-state index contributed by atoms with van der Waals surface area (Å²) in [5, 5.41) is 48.5. The molecule has 0 aliphatic heterocycles. The van der Waals surface area contributed by atoms with Crippen molar-refractivity contribution in [2.24, 2.45) is 28.3 Å². The third-order valence-corrected chi connectivity index (χ3v) is 8.52. The van der Waals surface area contributed by atoms with Gasteiger partial charge in [0, 0.05) is 37.0 Å². The summed E-state index contributed by atoms with van der Waals surface area (Å²) in [5.41, 5.74) is 8.76. The Balaban J connectivity index is 1.68. The highest BCUT2D eigenvalue weighted by molar-refractivity contribution is 6.24. The number of amides is 1. The molecule has 4 atom stereocenters. The van der Waals surface area contributed by atoms with Crippen LogP contribution in [0.2, 0.25) is 0 Å². The summed E-state index contributed by atoms with van der Waals surface area (Å²) < 4.78 is 13.3. The quantitative estimate of drug-likeness (QED) is 0.146. The second-order valence-electron chi connectivity index (χ2n) is 11.6. The first-order chi connectivity index (χ1) is 20.6. The number of likely N-dealkylation sites (N-methyl/N-ethyl adjacent to an activating group) is 1. The van der Waals surface area contributed by atoms with Gasteiger partial charge >= 0.3 is 0 Å². The van der Waals surface area contributed by atoms with Crippen LogP contribution in [0.15, 0.2) is 52.2 Å². The number of nitrogens with two attached hydrogens (primary N) is 2. The monoisotopic (exact) mass is 608 g/mol. The van der Waals surface area contributed by atoms with Gasteiger partial charge in [-0.05, 0) is 68.8 Å². The van der Waals surface area contributed by atoms with Crippen LogP contribution in [0.1, 0.15) is 17.5 Å². The van der Waals surface area contributed by atoms with Crippen LogP contribution in [0.4, 0.5) is 21.5 Å². The lowest BCUT2D eigenvalue weighted by Gasteiger charge is -2.50. The summed E-state index contributed by atoms with van der Waals surface area (Å²) in [7, 11) is 6.54. The number of halogens is 1. The van der Waals surface area contributed by atoms with Crippen molar-refractivity contribution in [3.05, 3.63) is 64.2 Å². The number of guanidine groups is 1. The molecule has 1 saturated carbocycles. The number of carbonyl (C=O) groups excluding carboxylic acids is 3. The average Bonchev–Trinajstić information content (AvgIpc) is 2.93. The molecule has 2 aromatic rings. The van der Waals surface area contributed by atoms with E-state index < -0.39 is 69.6 Å². The number of carbonyl (C=O) groups is 3. The van der Waals surface area contributed by atoms with Crippen molar-refractivity contribution in [2.45, 2.75) is 24.5 Å². The first-order valence-corrected chi connectivity index (χ1v) is 13.7. The number of aliphatic imine (C=N–C) groups is 1. The van der Waals surface area contributed by atoms with Gasteiger partial charge in [0.1, 0.15) is 28.6 Å². The van der Waals surface area contributed by atoms with Gasteiger partial charge in [-0.25, -0.2) is 9.38 Å². The Morgan fingerprint density at radius 3 is 2.30 bits per heavy atom. The largest absolute Gasteiger partial charge is 0.508 e. The minimum atomic E-state index is -2.75. The molecule has 0 saturated heterocycles. The van der Waals surface area contributed by atoms with E-state index in [9.17, 15) is 39.2 Å². The fourth-order valence-corrected chi connectivity index (χ4v) is 6.60. The van der Waals surface area contributed by atoms with E-state index in [0.29, 0.717) is 16.9 Å². The van der Waals surface area contributed by atoms with E-state index in [4.69, 9.17) is 11.5 Å². The second kappa shape index (κ2) is 10.6. The molecule has 3 aliphatic carbocycles. The van der Waals surface area contributed by atoms with Crippen molar-refractivity contribution >= 4 is 46.3 Å². The number of benzene rings is 2. The number of nitrogens with zero attached hydrogens (tertiary/aromatic N) is 3. The van der Waals surface area contributed by atoms with Crippen LogP contribution in [0, 0.1) is 17.7 Å². The maximum atomic E-state index is 14.1. The van der Waals surface area contributed by atoms with Crippen molar-refractivity contribution in [1.82, 2.24) is 4.90 Å². The van der Waals surface area contributed by atoms with Gasteiger partial charge in [0.05, 0.1) is 11.6 Å². The first kappa shape index (κ1) is 30.5. The third-order valence-electron chi connectivity index (χ3n) is 8.52. The molecular formula is C30H33FN6O7. The number of hydrogen-bond donors (Lipinski definition) is 7. The van der Waals surface area contributed by atoms with Crippen molar-refractivity contribution in [2.75, 3.05) is 38.4 Å². The van der Waals surface area contributed by atoms with Gasteiger partial charge in [-0.2, -0.15) is 0 Å². The second-order valence-corrected chi connectivity index (χ2v) is 11.6. The number of phenolic OH excluding ortho intramolecular Hbond substituents is 1. The zero-order valence-electron chi connectivity index (χ0n) is 24.4. The topological polar surface area (TPSA) is 215 Å². The number of ketones is 2. The number of Topliss-reactive ketones (excluding diaryl/α,β-unsaturated/α-hetero) is 2. The van der Waals surface area contributed by atoms with Crippen LogP contribution in [0.25, 0.3) is 5.76 Å². The normalized spacial score (nSPS) is 25.1. The summed E-state index contributed by atoms with van der Waals surface area (Å²) in [6.45, 7) is 0. The number of nitrogens with one attached hydrogen (secondary N) is 1. The molecule has 5 rings (SSSR count). The summed E-state index contributed by atoms with van der Waals surface area (Å²) in [4.78, 5) is 46.9. The Hall–Kier alpha value is -4.95. The third kappa shape index (κ3) is 4.53. The van der Waals surface area contributed by atoms with Gasteiger partial charge in [-0.1, -0.05) is 0 Å². The zero-order valence-corrected chi connectivity index (χ0v) is 24.4. The summed E-state index contributed by atoms with van der Waals surface area (Å²) in [6, 6.07) is 5.69. The number of hydrogen-bond acceptors (Lipinski definition) is 10. The van der Waals surface area contributed by atoms with Gasteiger partial charge in [-0.15, -0.1) is 0 Å². The number of aromatic hydroxyl groups is 1. The Bertz CT molecular complexity index is 1700. The van der Waals surface area contributed by atoms with Gasteiger partial charge in [-0.3, -0.25) is 19.3 Å². The molecule has 3 aliphatic rings. The molecule has 1 amide bonds. The minimum absolute atomic E-state index is 0.0339. The Morgan fingerprint density at radius 1 is 1.09 bits per heavy atom. The predicted molar refractivity (Wildman–Crippen MR) is 160 cm³/mol. The zero-order chi connectivity index (χ0) is 32.4. The van der Waals surface area contributed by atoms with E-state index in [-0.39, 0.29) is 35.6 Å². The van der Waals surface area contributed by atoms with Crippen LogP contribution in [-0.4, -0.2) is 88.6 Å². The molecule has 0 unspecified atom stereocenters. The van der Waals surface area contributed by atoms with E-state index in [0.717, 1.165) is 0 Å². The fourth-order valence-electron chi connectivity index (χ4n) is 6.60. The maximum absolute atomic E-state index is 14.1. The smallest absolute Gasteiger partial charge is 0.255 e. The number of anilines is 2. The molecule has 1 fully saturated rings. The molecule has 2 aromatic carbocycles. The Morgan fingerprint density at radius 2 is 1.73 bits per heavy atom. The molecular weight excluding hydrogens is 575 g/mol. The molecule has 0 radical (unpaired) electrons. The van der Waals surface area contributed by atoms with Gasteiger partial charge < -0.3 is 42.1 Å². The number of fused-ring (bicyclic) bond motifs is 3. The Labute approximate surface area is 251 Å². The number of phenols is 1. The van der Waals surface area contributed by atoms with E-state index in [1.807, 2.05) is 0 Å². The molecule has 14 heteroatoms. The van der Waals surface area contributed by atoms with E-state index in [1.165, 1.54) is 43.3 Å². The van der Waals surface area contributed by atoms with Crippen molar-refractivity contribution in [3.63, 3.8) is 0 Å². The van der Waals surface area contributed by atoms with Crippen molar-refractivity contribution in [1.29, 1.82) is 0 Å². The molecule has 0 bridgehead atoms. The summed E-state index contributed by atoms with van der Waals surface area (Å²) in [6.07, 6.45) is 0.0801. The van der Waals surface area contributed by atoms with Crippen LogP contribution in [-0.2, 0) is 20.8 Å². The summed E-state index contributed by atoms with van der Waals surface area (Å²) >= 11 is 0. The summed E-state index contributed by atoms with van der Waals surface area (Å²) in [5.74, 6) is -8.09. The molecule has 9 N–H and O–H groups in total. The molecule has 44 heavy (non-hydrogen) atoms. The highest BCUT2D eigenvalue weighted by atomic mass is 19.1. The molecule has 0 aromatic heterocycles. The number of primary amides is 1. The maximum Gasteiger partial charge on any atom is 0.255 e. The van der Waals surface area contributed by atoms with Crippen LogP contribution in [0.3, 0.4) is 0 Å². The molecule has 0 spiro atoms. The fraction of sp³-hybridized carbons (Fsp3) is 0.333. The van der Waals surface area contributed by atoms with E-state index in [1.54, 1.807) is 25.1 Å². The van der Waals surface area contributed by atoms with E-state index >= 15 is 0 Å². The number of rotatable bonds is 5. The van der Waals surface area contributed by atoms with Gasteiger partial charge in [0.25, 0.3) is 5.91 Å². The van der Waals surface area contributed by atoms with Crippen molar-refractivity contribution < 1.29 is 39.2 Å². The van der Waals surface area contributed by atoms with Gasteiger partial charge in [0.15, 0.2) is 23.1 Å². The van der Waals surface area contributed by atoms with Crippen LogP contribution in [0.5, 0.6) is 5.75 Å². The van der Waals surface area contributed by atoms with Crippen LogP contribution >= 0.6 is 0 Å². The first-order valence-electron chi connectivity index (χ1n) is 13.7. The lowest BCUT2D eigenvalue weighted by atomic mass is 9.57. The van der Waals surface area contributed by atoms with Crippen LogP contribution < -0.4 is 21.7 Å².